The summed E-state index contributed by atoms with van der Waals surface area (Å²) in [5.41, 5.74) is 7.17. The minimum absolute atomic E-state index is 0.963. The van der Waals surface area contributed by atoms with E-state index in [0.29, 0.717) is 0 Å². The van der Waals surface area contributed by atoms with E-state index >= 15 is 0 Å². The number of fused-ring (bicyclic) bond motifs is 2. The van der Waals surface area contributed by atoms with Crippen molar-refractivity contribution in [3.63, 3.8) is 0 Å². The van der Waals surface area contributed by atoms with Gasteiger partial charge in [-0.25, -0.2) is 0 Å². The van der Waals surface area contributed by atoms with Crippen molar-refractivity contribution < 1.29 is 4.42 Å². The Morgan fingerprint density at radius 2 is 1.81 bits per heavy atom. The van der Waals surface area contributed by atoms with Crippen molar-refractivity contribution in [1.82, 2.24) is 0 Å². The fraction of sp³-hybridized carbons (Fsp3) is 0.333. The second kappa shape index (κ2) is 3.51. The van der Waals surface area contributed by atoms with E-state index in [0.717, 1.165) is 25.0 Å². The van der Waals surface area contributed by atoms with Gasteiger partial charge in [-0.2, -0.15) is 0 Å². The van der Waals surface area contributed by atoms with Gasteiger partial charge in [0, 0.05) is 6.42 Å². The van der Waals surface area contributed by atoms with Crippen molar-refractivity contribution in [3.05, 3.63) is 58.0 Å². The lowest BCUT2D eigenvalue weighted by molar-refractivity contribution is 0.517. The van der Waals surface area contributed by atoms with Crippen LogP contribution in [0.5, 0.6) is 0 Å². The number of furan rings is 1. The summed E-state index contributed by atoms with van der Waals surface area (Å²) in [6, 6.07) is 6.63. The molecule has 0 spiro atoms. The summed E-state index contributed by atoms with van der Waals surface area (Å²) in [6.07, 6.45) is 5.04. The SMILES string of the molecule is Cc1ccc2c(c1C)Cc1occc1CC2. The molecule has 0 bridgehead atoms. The molecule has 1 nitrogen and oxygen atoms in total. The smallest absolute Gasteiger partial charge is 0.111 e. The largest absolute Gasteiger partial charge is 0.469 e. The van der Waals surface area contributed by atoms with Gasteiger partial charge >= 0.3 is 0 Å². The highest BCUT2D eigenvalue weighted by Gasteiger charge is 2.17. The van der Waals surface area contributed by atoms with Crippen molar-refractivity contribution in [2.24, 2.45) is 0 Å². The third kappa shape index (κ3) is 1.39. The molecule has 3 rings (SSSR count). The molecule has 0 radical (unpaired) electrons. The van der Waals surface area contributed by atoms with Gasteiger partial charge in [-0.15, -0.1) is 0 Å². The highest BCUT2D eigenvalue weighted by molar-refractivity contribution is 5.44. The third-order valence-corrected chi connectivity index (χ3v) is 3.80. The molecule has 0 fully saturated rings. The molecule has 0 unspecified atom stereocenters. The number of aryl methyl sites for hydroxylation is 3. The van der Waals surface area contributed by atoms with Crippen LogP contribution < -0.4 is 0 Å². The summed E-state index contributed by atoms with van der Waals surface area (Å²) in [5.74, 6) is 1.16. The van der Waals surface area contributed by atoms with Crippen LogP contribution in [0.4, 0.5) is 0 Å². The zero-order valence-corrected chi connectivity index (χ0v) is 9.84. The van der Waals surface area contributed by atoms with Crippen LogP contribution in [-0.2, 0) is 19.3 Å². The lowest BCUT2D eigenvalue weighted by atomic mass is 9.94. The van der Waals surface area contributed by atoms with E-state index in [9.17, 15) is 0 Å². The monoisotopic (exact) mass is 212 g/mol. The van der Waals surface area contributed by atoms with E-state index in [1.807, 2.05) is 6.26 Å². The topological polar surface area (TPSA) is 13.1 Å². The van der Waals surface area contributed by atoms with Crippen LogP contribution >= 0.6 is 0 Å². The minimum Gasteiger partial charge on any atom is -0.469 e. The van der Waals surface area contributed by atoms with Crippen molar-refractivity contribution in [2.45, 2.75) is 33.1 Å². The first kappa shape index (κ1) is 9.71. The third-order valence-electron chi connectivity index (χ3n) is 3.80. The second-order valence-corrected chi connectivity index (χ2v) is 4.69. The average Bonchev–Trinajstić information content (AvgIpc) is 2.64. The maximum absolute atomic E-state index is 5.59. The van der Waals surface area contributed by atoms with E-state index in [4.69, 9.17) is 4.42 Å². The lowest BCUT2D eigenvalue weighted by Gasteiger charge is -2.11. The van der Waals surface area contributed by atoms with E-state index in [1.165, 1.54) is 27.8 Å². The molecular weight excluding hydrogens is 196 g/mol. The molecule has 16 heavy (non-hydrogen) atoms. The molecule has 2 aromatic rings. The van der Waals surface area contributed by atoms with E-state index < -0.39 is 0 Å². The van der Waals surface area contributed by atoms with Crippen LogP contribution in [0.3, 0.4) is 0 Å². The molecule has 1 heteroatoms. The van der Waals surface area contributed by atoms with Gasteiger partial charge in [-0.3, -0.25) is 0 Å². The maximum atomic E-state index is 5.59. The maximum Gasteiger partial charge on any atom is 0.111 e. The van der Waals surface area contributed by atoms with E-state index in [1.54, 1.807) is 0 Å². The molecule has 1 aromatic carbocycles. The lowest BCUT2D eigenvalue weighted by Crippen LogP contribution is -1.98. The van der Waals surface area contributed by atoms with Crippen LogP contribution in [-0.4, -0.2) is 0 Å². The molecule has 0 aliphatic heterocycles. The Balaban J connectivity index is 2.16. The first-order valence-corrected chi connectivity index (χ1v) is 5.89. The van der Waals surface area contributed by atoms with Gasteiger partial charge in [0.2, 0.25) is 0 Å². The van der Waals surface area contributed by atoms with Crippen LogP contribution in [0, 0.1) is 13.8 Å². The zero-order chi connectivity index (χ0) is 11.1. The molecule has 1 aliphatic rings. The normalized spacial score (nSPS) is 14.1. The van der Waals surface area contributed by atoms with Gasteiger partial charge in [0.1, 0.15) is 5.76 Å². The summed E-state index contributed by atoms with van der Waals surface area (Å²) >= 11 is 0. The van der Waals surface area contributed by atoms with Gasteiger partial charge in [-0.05, 0) is 60.6 Å². The fourth-order valence-electron chi connectivity index (χ4n) is 2.59. The summed E-state index contributed by atoms with van der Waals surface area (Å²) in [5, 5.41) is 0. The Hall–Kier alpha value is -1.50. The minimum atomic E-state index is 0.963. The van der Waals surface area contributed by atoms with Crippen LogP contribution in [0.25, 0.3) is 0 Å². The first-order chi connectivity index (χ1) is 7.75. The quantitative estimate of drug-likeness (QED) is 0.650. The van der Waals surface area contributed by atoms with Gasteiger partial charge in [0.05, 0.1) is 6.26 Å². The van der Waals surface area contributed by atoms with Gasteiger partial charge in [-0.1, -0.05) is 12.1 Å². The molecule has 0 saturated heterocycles. The van der Waals surface area contributed by atoms with Gasteiger partial charge < -0.3 is 4.42 Å². The highest BCUT2D eigenvalue weighted by Crippen LogP contribution is 2.28. The van der Waals surface area contributed by atoms with Crippen LogP contribution in [0.1, 0.15) is 33.6 Å². The Morgan fingerprint density at radius 3 is 2.69 bits per heavy atom. The van der Waals surface area contributed by atoms with E-state index in [2.05, 4.69) is 32.0 Å². The van der Waals surface area contributed by atoms with Gasteiger partial charge in [0.15, 0.2) is 0 Å². The average molecular weight is 212 g/mol. The highest BCUT2D eigenvalue weighted by atomic mass is 16.3. The Labute approximate surface area is 96.1 Å². The van der Waals surface area contributed by atoms with E-state index in [-0.39, 0.29) is 0 Å². The predicted octanol–water partition coefficient (Wildman–Crippen LogP) is 3.59. The molecule has 0 N–H and O–H groups in total. The first-order valence-electron chi connectivity index (χ1n) is 5.89. The summed E-state index contributed by atoms with van der Waals surface area (Å²) in [4.78, 5) is 0. The second-order valence-electron chi connectivity index (χ2n) is 4.69. The standard InChI is InChI=1S/C15H16O/c1-10-3-4-12-5-6-13-7-8-16-15(13)9-14(12)11(10)2/h3-4,7-8H,5-6,9H2,1-2H3. The molecular formula is C15H16O. The molecule has 0 amide bonds. The van der Waals surface area contributed by atoms with Gasteiger partial charge in [0.25, 0.3) is 0 Å². The zero-order valence-electron chi connectivity index (χ0n) is 9.84. The summed E-state index contributed by atoms with van der Waals surface area (Å²) in [6.45, 7) is 4.41. The summed E-state index contributed by atoms with van der Waals surface area (Å²) in [7, 11) is 0. The summed E-state index contributed by atoms with van der Waals surface area (Å²) < 4.78 is 5.59. The molecule has 1 aliphatic carbocycles. The Kier molecular flexibility index (Phi) is 2.13. The van der Waals surface area contributed by atoms with Crippen molar-refractivity contribution in [3.8, 4) is 0 Å². The molecule has 1 aromatic heterocycles. The number of hydrogen-bond acceptors (Lipinski definition) is 1. The molecule has 1 heterocycles. The van der Waals surface area contributed by atoms with Crippen molar-refractivity contribution >= 4 is 0 Å². The molecule has 0 saturated carbocycles. The number of hydrogen-bond donors (Lipinski definition) is 0. The molecule has 82 valence electrons. The number of benzene rings is 1. The predicted molar refractivity (Wildman–Crippen MR) is 64.8 cm³/mol. The van der Waals surface area contributed by atoms with Crippen molar-refractivity contribution in [1.29, 1.82) is 0 Å². The number of rotatable bonds is 0. The Bertz CT molecular complexity index is 534. The van der Waals surface area contributed by atoms with Crippen LogP contribution in [0.2, 0.25) is 0 Å². The van der Waals surface area contributed by atoms with Crippen molar-refractivity contribution in [2.75, 3.05) is 0 Å². The fourth-order valence-corrected chi connectivity index (χ4v) is 2.59. The van der Waals surface area contributed by atoms with Crippen LogP contribution in [0.15, 0.2) is 28.9 Å². The molecule has 0 atom stereocenters. The Morgan fingerprint density at radius 1 is 1.00 bits per heavy atom.